The number of pyridine rings is 1. The van der Waals surface area contributed by atoms with Crippen LogP contribution in [0, 0.1) is 0 Å². The Kier molecular flexibility index (Phi) is 3.27. The lowest BCUT2D eigenvalue weighted by molar-refractivity contribution is 0.0972. The third-order valence-corrected chi connectivity index (χ3v) is 5.69. The van der Waals surface area contributed by atoms with E-state index in [9.17, 15) is 9.59 Å². The maximum absolute atomic E-state index is 13.0. The summed E-state index contributed by atoms with van der Waals surface area (Å²) < 4.78 is 2.84. The molecule has 110 valence electrons. The zero-order chi connectivity index (χ0) is 15.3. The number of carbonyl (C=O) groups excluding carboxylic acids is 2. The van der Waals surface area contributed by atoms with Crippen LogP contribution in [0.2, 0.25) is 0 Å². The number of rotatable bonds is 2. The summed E-state index contributed by atoms with van der Waals surface area (Å²) in [6.07, 6.45) is 4.06. The predicted octanol–water partition coefficient (Wildman–Crippen LogP) is 4.51. The zero-order valence-corrected chi connectivity index (χ0v) is 14.0. The summed E-state index contributed by atoms with van der Waals surface area (Å²) in [5, 5.41) is 0. The minimum absolute atomic E-state index is 0.0107. The van der Waals surface area contributed by atoms with Crippen LogP contribution >= 0.6 is 27.3 Å². The van der Waals surface area contributed by atoms with Crippen molar-refractivity contribution in [3.8, 4) is 0 Å². The van der Waals surface area contributed by atoms with Gasteiger partial charge >= 0.3 is 0 Å². The molecular weight excluding hydrogens is 362 g/mol. The van der Waals surface area contributed by atoms with Crippen LogP contribution in [0.5, 0.6) is 0 Å². The van der Waals surface area contributed by atoms with Gasteiger partial charge in [-0.15, -0.1) is 11.3 Å². The fraction of sp³-hybridized carbons (Fsp3) is 0.176. The number of Topliss-reactive ketones (excluding diaryl/α,β-unsaturated/α-hetero) is 1. The van der Waals surface area contributed by atoms with Crippen molar-refractivity contribution in [1.29, 1.82) is 0 Å². The van der Waals surface area contributed by atoms with E-state index in [4.69, 9.17) is 0 Å². The quantitative estimate of drug-likeness (QED) is 0.619. The van der Waals surface area contributed by atoms with Crippen LogP contribution in [-0.4, -0.2) is 16.0 Å². The van der Waals surface area contributed by atoms with Crippen molar-refractivity contribution in [1.82, 2.24) is 4.40 Å². The van der Waals surface area contributed by atoms with Crippen molar-refractivity contribution >= 4 is 44.3 Å². The van der Waals surface area contributed by atoms with Crippen molar-refractivity contribution in [2.24, 2.45) is 0 Å². The molecule has 0 saturated heterocycles. The lowest BCUT2D eigenvalue weighted by atomic mass is 9.88. The van der Waals surface area contributed by atoms with Crippen LogP contribution < -0.4 is 0 Å². The van der Waals surface area contributed by atoms with Gasteiger partial charge < -0.3 is 4.40 Å². The molecule has 0 N–H and O–H groups in total. The third kappa shape index (κ3) is 2.08. The van der Waals surface area contributed by atoms with Crippen molar-refractivity contribution in [2.75, 3.05) is 0 Å². The molecule has 0 bridgehead atoms. The highest BCUT2D eigenvalue weighted by Gasteiger charge is 2.26. The lowest BCUT2D eigenvalue weighted by Gasteiger charge is -2.19. The van der Waals surface area contributed by atoms with E-state index >= 15 is 0 Å². The van der Waals surface area contributed by atoms with Crippen molar-refractivity contribution in [2.45, 2.75) is 19.3 Å². The Balaban J connectivity index is 2.01. The molecule has 0 unspecified atom stereocenters. The maximum Gasteiger partial charge on any atom is 0.219 e. The number of nitrogens with zero attached hydrogens (tertiary/aromatic N) is 1. The molecule has 3 heterocycles. The Labute approximate surface area is 139 Å². The zero-order valence-electron chi connectivity index (χ0n) is 11.6. The number of hydrogen-bond acceptors (Lipinski definition) is 3. The molecule has 0 spiro atoms. The molecule has 5 heteroatoms. The Morgan fingerprint density at radius 1 is 1.23 bits per heavy atom. The normalized spacial score (nSPS) is 14.3. The summed E-state index contributed by atoms with van der Waals surface area (Å²) in [7, 11) is 0. The van der Waals surface area contributed by atoms with E-state index in [2.05, 4.69) is 15.9 Å². The van der Waals surface area contributed by atoms with E-state index in [-0.39, 0.29) is 11.6 Å². The number of ketones is 2. The summed E-state index contributed by atoms with van der Waals surface area (Å²) in [6.45, 7) is 0. The molecule has 3 aromatic rings. The van der Waals surface area contributed by atoms with Gasteiger partial charge in [0, 0.05) is 23.7 Å². The van der Waals surface area contributed by atoms with Gasteiger partial charge in [-0.25, -0.2) is 0 Å². The van der Waals surface area contributed by atoms with Crippen molar-refractivity contribution in [3.63, 3.8) is 0 Å². The average molecular weight is 374 g/mol. The number of thiophene rings is 1. The molecule has 3 nitrogen and oxygen atoms in total. The molecule has 0 saturated carbocycles. The molecule has 0 amide bonds. The standard InChI is InChI=1S/C17H12BrNO2S/c18-15-7-6-14(22-15)17(21)16-11-4-1-5-13(20)12(11)9-10-3-2-8-19(10)16/h2-3,6-9H,1,4-5H2. The number of hydrogen-bond donors (Lipinski definition) is 0. The van der Waals surface area contributed by atoms with E-state index < -0.39 is 0 Å². The van der Waals surface area contributed by atoms with Gasteiger partial charge in [-0.1, -0.05) is 0 Å². The molecule has 1 aliphatic carbocycles. The summed E-state index contributed by atoms with van der Waals surface area (Å²) in [5.41, 5.74) is 3.15. The first-order chi connectivity index (χ1) is 10.6. The number of fused-ring (bicyclic) bond motifs is 2. The monoisotopic (exact) mass is 373 g/mol. The Bertz CT molecular complexity index is 922. The molecule has 22 heavy (non-hydrogen) atoms. The largest absolute Gasteiger partial charge is 0.313 e. The Hall–Kier alpha value is -1.72. The van der Waals surface area contributed by atoms with Crippen LogP contribution in [0.25, 0.3) is 5.52 Å². The van der Waals surface area contributed by atoms with Crippen LogP contribution in [0.4, 0.5) is 0 Å². The van der Waals surface area contributed by atoms with Crippen molar-refractivity contribution < 1.29 is 9.59 Å². The maximum atomic E-state index is 13.0. The SMILES string of the molecule is O=C1CCCc2c1cc1cccn1c2C(=O)c1ccc(Br)s1. The Morgan fingerprint density at radius 2 is 2.09 bits per heavy atom. The fourth-order valence-electron chi connectivity index (χ4n) is 3.09. The first kappa shape index (κ1) is 13.9. The highest BCUT2D eigenvalue weighted by Crippen LogP contribution is 2.31. The van der Waals surface area contributed by atoms with Crippen LogP contribution in [0.15, 0.2) is 40.3 Å². The van der Waals surface area contributed by atoms with E-state index in [1.807, 2.05) is 40.9 Å². The topological polar surface area (TPSA) is 38.5 Å². The lowest BCUT2D eigenvalue weighted by Crippen LogP contribution is -2.19. The minimum Gasteiger partial charge on any atom is -0.313 e. The van der Waals surface area contributed by atoms with Crippen molar-refractivity contribution in [3.05, 3.63) is 62.0 Å². The first-order valence-corrected chi connectivity index (χ1v) is 8.72. The average Bonchev–Trinajstić information content (AvgIpc) is 3.13. The fourth-order valence-corrected chi connectivity index (χ4v) is 4.41. The Morgan fingerprint density at radius 3 is 2.86 bits per heavy atom. The predicted molar refractivity (Wildman–Crippen MR) is 90.1 cm³/mol. The smallest absolute Gasteiger partial charge is 0.219 e. The second-order valence-electron chi connectivity index (χ2n) is 5.40. The van der Waals surface area contributed by atoms with Crippen LogP contribution in [0.3, 0.4) is 0 Å². The van der Waals surface area contributed by atoms with E-state index in [0.29, 0.717) is 17.0 Å². The van der Waals surface area contributed by atoms with E-state index in [0.717, 1.165) is 33.3 Å². The molecule has 4 rings (SSSR count). The third-order valence-electron chi connectivity index (χ3n) is 4.07. The second-order valence-corrected chi connectivity index (χ2v) is 7.86. The molecule has 0 aromatic carbocycles. The van der Waals surface area contributed by atoms with Gasteiger partial charge in [0.25, 0.3) is 0 Å². The molecule has 0 aliphatic heterocycles. The minimum atomic E-state index is -0.0107. The molecule has 0 radical (unpaired) electrons. The van der Waals surface area contributed by atoms with Gasteiger partial charge in [0.05, 0.1) is 14.4 Å². The van der Waals surface area contributed by atoms with Crippen LogP contribution in [0.1, 0.15) is 44.1 Å². The van der Waals surface area contributed by atoms with Gasteiger partial charge in [-0.3, -0.25) is 9.59 Å². The highest BCUT2D eigenvalue weighted by atomic mass is 79.9. The highest BCUT2D eigenvalue weighted by molar-refractivity contribution is 9.11. The summed E-state index contributed by atoms with van der Waals surface area (Å²) in [5.74, 6) is 0.134. The molecule has 0 fully saturated rings. The van der Waals surface area contributed by atoms with E-state index in [1.54, 1.807) is 0 Å². The number of aromatic nitrogens is 1. The molecule has 1 aliphatic rings. The van der Waals surface area contributed by atoms with Gasteiger partial charge in [-0.05, 0) is 64.7 Å². The van der Waals surface area contributed by atoms with Gasteiger partial charge in [0.2, 0.25) is 5.78 Å². The number of carbonyl (C=O) groups is 2. The van der Waals surface area contributed by atoms with Gasteiger partial charge in [0.1, 0.15) is 0 Å². The summed E-state index contributed by atoms with van der Waals surface area (Å²) in [4.78, 5) is 25.9. The molecule has 3 aromatic heterocycles. The number of halogens is 1. The van der Waals surface area contributed by atoms with E-state index in [1.165, 1.54) is 11.3 Å². The van der Waals surface area contributed by atoms with Crippen LogP contribution in [-0.2, 0) is 6.42 Å². The summed E-state index contributed by atoms with van der Waals surface area (Å²) >= 11 is 4.83. The molecular formula is C17H12BrNO2S. The van der Waals surface area contributed by atoms with Gasteiger partial charge in [0.15, 0.2) is 5.78 Å². The molecule has 0 atom stereocenters. The summed E-state index contributed by atoms with van der Waals surface area (Å²) in [6, 6.07) is 9.47. The first-order valence-electron chi connectivity index (χ1n) is 7.11. The second kappa shape index (κ2) is 5.18. The van der Waals surface area contributed by atoms with Gasteiger partial charge in [-0.2, -0.15) is 0 Å².